The lowest BCUT2D eigenvalue weighted by Crippen LogP contribution is -2.52. The van der Waals surface area contributed by atoms with E-state index in [0.717, 1.165) is 5.56 Å². The molecule has 0 atom stereocenters. The minimum Gasteiger partial charge on any atom is -0.490 e. The number of nitro benzene ring substituents is 1. The first-order valence-electron chi connectivity index (χ1n) is 9.67. The number of thiocarbonyl (C=S) groups is 1. The van der Waals surface area contributed by atoms with Crippen LogP contribution >= 0.6 is 12.2 Å². The summed E-state index contributed by atoms with van der Waals surface area (Å²) in [6.45, 7) is 2.39. The number of benzene rings is 2. The Bertz CT molecular complexity index is 1090. The van der Waals surface area contributed by atoms with E-state index in [4.69, 9.17) is 21.7 Å². The van der Waals surface area contributed by atoms with Crippen LogP contribution in [0.25, 0.3) is 6.08 Å². The molecule has 0 N–H and O–H groups in total. The second-order valence-electron chi connectivity index (χ2n) is 6.92. The van der Waals surface area contributed by atoms with Gasteiger partial charge in [0.1, 0.15) is 12.2 Å². The number of carbonyl (C=O) groups is 2. The zero-order valence-corrected chi connectivity index (χ0v) is 18.5. The fourth-order valence-electron chi connectivity index (χ4n) is 3.02. The number of ether oxygens (including phenoxy) is 2. The van der Waals surface area contributed by atoms with Crippen molar-refractivity contribution in [3.63, 3.8) is 0 Å². The van der Waals surface area contributed by atoms with Crippen molar-refractivity contribution in [2.45, 2.75) is 13.5 Å². The average Bonchev–Trinajstić information content (AvgIpc) is 2.79. The Balaban J connectivity index is 1.83. The van der Waals surface area contributed by atoms with Crippen LogP contribution in [0.1, 0.15) is 18.1 Å². The maximum Gasteiger partial charge on any atom is 0.269 e. The molecular weight excluding hydrogens is 434 g/mol. The van der Waals surface area contributed by atoms with E-state index in [-0.39, 0.29) is 23.0 Å². The van der Waals surface area contributed by atoms with Crippen molar-refractivity contribution in [3.05, 3.63) is 69.3 Å². The molecular formula is C22H21N3O6S. The molecule has 0 radical (unpaired) electrons. The van der Waals surface area contributed by atoms with Gasteiger partial charge in [-0.25, -0.2) is 0 Å². The van der Waals surface area contributed by atoms with Crippen LogP contribution in [0.4, 0.5) is 5.69 Å². The van der Waals surface area contributed by atoms with Gasteiger partial charge in [0.2, 0.25) is 0 Å². The fourth-order valence-corrected chi connectivity index (χ4v) is 3.18. The Labute approximate surface area is 190 Å². The number of hydrogen-bond acceptors (Lipinski definition) is 7. The quantitative estimate of drug-likeness (QED) is 0.208. The third-order valence-electron chi connectivity index (χ3n) is 4.76. The summed E-state index contributed by atoms with van der Waals surface area (Å²) in [4.78, 5) is 37.8. The first-order valence-corrected chi connectivity index (χ1v) is 10.1. The number of non-ortho nitro benzene ring substituents is 1. The molecule has 3 rings (SSSR count). The fraction of sp³-hybridized carbons (Fsp3) is 0.227. The average molecular weight is 455 g/mol. The number of amides is 2. The molecule has 1 heterocycles. The summed E-state index contributed by atoms with van der Waals surface area (Å²) >= 11 is 5.10. The number of rotatable bonds is 7. The first-order chi connectivity index (χ1) is 15.2. The van der Waals surface area contributed by atoms with Crippen molar-refractivity contribution in [2.24, 2.45) is 0 Å². The molecule has 1 aliphatic rings. The number of carbonyl (C=O) groups excluding carboxylic acids is 2. The molecule has 0 saturated carbocycles. The number of nitro groups is 1. The van der Waals surface area contributed by atoms with Crippen LogP contribution < -0.4 is 9.47 Å². The standard InChI is InChI=1S/C22H21N3O6S/c1-4-30-19-12-15(11-17-20(26)23(2)22(32)24(3)21(17)27)7-10-18(19)31-13-14-5-8-16(9-6-14)25(28)29/h5-12H,4,13H2,1-3H3. The topological polar surface area (TPSA) is 102 Å². The van der Waals surface area contributed by atoms with Gasteiger partial charge in [-0.15, -0.1) is 0 Å². The zero-order valence-electron chi connectivity index (χ0n) is 17.7. The van der Waals surface area contributed by atoms with E-state index in [9.17, 15) is 19.7 Å². The van der Waals surface area contributed by atoms with Gasteiger partial charge >= 0.3 is 0 Å². The molecule has 0 unspecified atom stereocenters. The molecule has 9 nitrogen and oxygen atoms in total. The summed E-state index contributed by atoms with van der Waals surface area (Å²) in [5.41, 5.74) is 1.34. The normalized spacial score (nSPS) is 14.0. The van der Waals surface area contributed by atoms with Crippen molar-refractivity contribution in [3.8, 4) is 11.5 Å². The first kappa shape index (κ1) is 22.9. The van der Waals surface area contributed by atoms with E-state index in [1.54, 1.807) is 30.3 Å². The zero-order chi connectivity index (χ0) is 23.4. The predicted molar refractivity (Wildman–Crippen MR) is 121 cm³/mol. The second kappa shape index (κ2) is 9.56. The highest BCUT2D eigenvalue weighted by atomic mass is 32.1. The summed E-state index contributed by atoms with van der Waals surface area (Å²) < 4.78 is 11.5. The van der Waals surface area contributed by atoms with Crippen LogP contribution in [0.3, 0.4) is 0 Å². The summed E-state index contributed by atoms with van der Waals surface area (Å²) in [6, 6.07) is 11.1. The molecule has 1 aliphatic heterocycles. The van der Waals surface area contributed by atoms with Crippen molar-refractivity contribution in [1.29, 1.82) is 0 Å². The second-order valence-corrected chi connectivity index (χ2v) is 7.29. The molecule has 2 aromatic rings. The smallest absolute Gasteiger partial charge is 0.269 e. The van der Waals surface area contributed by atoms with Gasteiger partial charge in [-0.3, -0.25) is 29.5 Å². The summed E-state index contributed by atoms with van der Waals surface area (Å²) in [7, 11) is 3.03. The Kier molecular flexibility index (Phi) is 6.84. The minimum atomic E-state index is -0.477. The Morgan fingerprint density at radius 1 is 1.00 bits per heavy atom. The Morgan fingerprint density at radius 3 is 2.19 bits per heavy atom. The van der Waals surface area contributed by atoms with Gasteiger partial charge in [0.15, 0.2) is 16.6 Å². The minimum absolute atomic E-state index is 0.00463. The predicted octanol–water partition coefficient (Wildman–Crippen LogP) is 3.17. The van der Waals surface area contributed by atoms with Gasteiger partial charge < -0.3 is 9.47 Å². The van der Waals surface area contributed by atoms with E-state index in [2.05, 4.69) is 0 Å². The van der Waals surface area contributed by atoms with Crippen molar-refractivity contribution >= 4 is 40.9 Å². The van der Waals surface area contributed by atoms with Crippen LogP contribution in [-0.2, 0) is 16.2 Å². The number of nitrogens with zero attached hydrogens (tertiary/aromatic N) is 3. The van der Waals surface area contributed by atoms with E-state index in [1.165, 1.54) is 42.1 Å². The molecule has 10 heteroatoms. The number of hydrogen-bond donors (Lipinski definition) is 0. The van der Waals surface area contributed by atoms with Gasteiger partial charge in [-0.05, 0) is 60.6 Å². The monoisotopic (exact) mass is 455 g/mol. The SMILES string of the molecule is CCOc1cc(C=C2C(=O)N(C)C(=S)N(C)C2=O)ccc1OCc1ccc([N+](=O)[O-])cc1. The van der Waals surface area contributed by atoms with Crippen molar-refractivity contribution in [2.75, 3.05) is 20.7 Å². The third-order valence-corrected chi connectivity index (χ3v) is 5.31. The maximum atomic E-state index is 12.5. The summed E-state index contributed by atoms with van der Waals surface area (Å²) in [6.07, 6.45) is 1.49. The van der Waals surface area contributed by atoms with Gasteiger partial charge in [0.05, 0.1) is 11.5 Å². The van der Waals surface area contributed by atoms with E-state index < -0.39 is 16.7 Å². The van der Waals surface area contributed by atoms with Gasteiger partial charge in [-0.1, -0.05) is 6.07 Å². The lowest BCUT2D eigenvalue weighted by atomic mass is 10.1. The van der Waals surface area contributed by atoms with Gasteiger partial charge in [0.25, 0.3) is 17.5 Å². The molecule has 1 saturated heterocycles. The van der Waals surface area contributed by atoms with Gasteiger partial charge in [0, 0.05) is 26.2 Å². The van der Waals surface area contributed by atoms with Crippen molar-refractivity contribution in [1.82, 2.24) is 9.80 Å². The largest absolute Gasteiger partial charge is 0.490 e. The molecule has 0 aliphatic carbocycles. The van der Waals surface area contributed by atoms with Crippen molar-refractivity contribution < 1.29 is 24.0 Å². The van der Waals surface area contributed by atoms with E-state index in [0.29, 0.717) is 23.7 Å². The van der Waals surface area contributed by atoms with Gasteiger partial charge in [-0.2, -0.15) is 0 Å². The highest BCUT2D eigenvalue weighted by Gasteiger charge is 2.35. The van der Waals surface area contributed by atoms with Crippen LogP contribution in [0.15, 0.2) is 48.0 Å². The van der Waals surface area contributed by atoms with Crippen LogP contribution in [-0.4, -0.2) is 52.4 Å². The molecule has 0 bridgehead atoms. The highest BCUT2D eigenvalue weighted by Crippen LogP contribution is 2.31. The summed E-state index contributed by atoms with van der Waals surface area (Å²) in [5, 5.41) is 10.9. The molecule has 0 aromatic heterocycles. The third kappa shape index (κ3) is 4.75. The molecule has 32 heavy (non-hydrogen) atoms. The lowest BCUT2D eigenvalue weighted by molar-refractivity contribution is -0.384. The maximum absolute atomic E-state index is 12.5. The molecule has 0 spiro atoms. The highest BCUT2D eigenvalue weighted by molar-refractivity contribution is 7.80. The molecule has 2 amide bonds. The summed E-state index contributed by atoms with van der Waals surface area (Å²) in [5.74, 6) is -0.0510. The van der Waals surface area contributed by atoms with Crippen LogP contribution in [0, 0.1) is 10.1 Å². The lowest BCUT2D eigenvalue weighted by Gasteiger charge is -2.31. The molecule has 2 aromatic carbocycles. The van der Waals surface area contributed by atoms with Crippen LogP contribution in [0.2, 0.25) is 0 Å². The van der Waals surface area contributed by atoms with E-state index >= 15 is 0 Å². The van der Waals surface area contributed by atoms with E-state index in [1.807, 2.05) is 6.92 Å². The Morgan fingerprint density at radius 2 is 1.62 bits per heavy atom. The molecule has 1 fully saturated rings. The number of likely N-dealkylation sites (N-methyl/N-ethyl adjacent to an activating group) is 2. The van der Waals surface area contributed by atoms with Crippen LogP contribution in [0.5, 0.6) is 11.5 Å². The molecule has 166 valence electrons. The Hall–Kier alpha value is -3.79.